The Balaban J connectivity index is 1.63. The van der Waals surface area contributed by atoms with Crippen molar-refractivity contribution in [1.29, 1.82) is 0 Å². The Labute approximate surface area is 168 Å². The number of carbonyl (C=O) groups is 1. The van der Waals surface area contributed by atoms with Gasteiger partial charge in [0, 0.05) is 24.4 Å². The third-order valence-electron chi connectivity index (χ3n) is 4.86. The number of amides is 1. The molecule has 0 aromatic heterocycles. The lowest BCUT2D eigenvalue weighted by Gasteiger charge is -2.18. The second-order valence-electron chi connectivity index (χ2n) is 7.56. The Bertz CT molecular complexity index is 819. The molecule has 28 heavy (non-hydrogen) atoms. The lowest BCUT2D eigenvalue weighted by atomic mass is 9.88. The molecule has 0 fully saturated rings. The van der Waals surface area contributed by atoms with Gasteiger partial charge in [-0.15, -0.1) is 0 Å². The van der Waals surface area contributed by atoms with Crippen LogP contribution in [0.15, 0.2) is 84.9 Å². The van der Waals surface area contributed by atoms with Crippen LogP contribution < -0.4 is 10.2 Å². The van der Waals surface area contributed by atoms with Crippen molar-refractivity contribution in [3.8, 4) is 0 Å². The predicted octanol–water partition coefficient (Wildman–Crippen LogP) is 3.17. The van der Waals surface area contributed by atoms with Crippen LogP contribution in [0.4, 0.5) is 0 Å². The highest BCUT2D eigenvalue weighted by atomic mass is 16.1. The molecule has 0 spiro atoms. The summed E-state index contributed by atoms with van der Waals surface area (Å²) in [7, 11) is 4.29. The molecule has 3 rings (SSSR count). The first-order valence-electron chi connectivity index (χ1n) is 9.85. The topological polar surface area (TPSA) is 33.5 Å². The average molecular weight is 374 g/mol. The zero-order valence-electron chi connectivity index (χ0n) is 16.7. The van der Waals surface area contributed by atoms with E-state index in [4.69, 9.17) is 0 Å². The van der Waals surface area contributed by atoms with Crippen molar-refractivity contribution < 1.29 is 9.69 Å². The van der Waals surface area contributed by atoms with E-state index in [9.17, 15) is 4.79 Å². The molecule has 0 radical (unpaired) electrons. The Morgan fingerprint density at radius 3 is 1.79 bits per heavy atom. The molecule has 0 aliphatic rings. The summed E-state index contributed by atoms with van der Waals surface area (Å²) < 4.78 is 0. The van der Waals surface area contributed by atoms with E-state index in [0.29, 0.717) is 13.0 Å². The van der Waals surface area contributed by atoms with Gasteiger partial charge >= 0.3 is 0 Å². The molecule has 3 heteroatoms. The first kappa shape index (κ1) is 19.8. The molecule has 144 valence electrons. The van der Waals surface area contributed by atoms with Crippen LogP contribution in [-0.4, -0.2) is 20.0 Å². The molecule has 0 aliphatic heterocycles. The van der Waals surface area contributed by atoms with Crippen LogP contribution in [0, 0.1) is 0 Å². The summed E-state index contributed by atoms with van der Waals surface area (Å²) in [6.07, 6.45) is 0.441. The number of quaternary nitrogens is 1. The van der Waals surface area contributed by atoms with Crippen LogP contribution in [0.2, 0.25) is 0 Å². The number of carbonyl (C=O) groups excluding carboxylic acids is 1. The van der Waals surface area contributed by atoms with Crippen LogP contribution in [0.5, 0.6) is 0 Å². The Hall–Kier alpha value is -2.91. The van der Waals surface area contributed by atoms with Crippen LogP contribution in [0.1, 0.15) is 34.6 Å². The van der Waals surface area contributed by atoms with Gasteiger partial charge in [0.2, 0.25) is 5.91 Å². The maximum absolute atomic E-state index is 12.7. The van der Waals surface area contributed by atoms with Gasteiger partial charge in [0.05, 0.1) is 14.1 Å². The summed E-state index contributed by atoms with van der Waals surface area (Å²) in [6, 6.07) is 29.0. The van der Waals surface area contributed by atoms with E-state index in [1.807, 2.05) is 36.4 Å². The molecular formula is C25H29N2O+. The summed E-state index contributed by atoms with van der Waals surface area (Å²) in [6.45, 7) is 1.56. The normalized spacial score (nSPS) is 11.0. The molecule has 0 saturated carbocycles. The fourth-order valence-corrected chi connectivity index (χ4v) is 3.44. The lowest BCUT2D eigenvalue weighted by molar-refractivity contribution is -0.872. The van der Waals surface area contributed by atoms with Gasteiger partial charge in [0.1, 0.15) is 6.54 Å². The molecule has 2 N–H and O–H groups in total. The minimum absolute atomic E-state index is 0.0628. The molecule has 3 aromatic carbocycles. The molecule has 0 aliphatic carbocycles. The number of nitrogens with one attached hydrogen (secondary N) is 2. The molecule has 0 bridgehead atoms. The highest BCUT2D eigenvalue weighted by molar-refractivity contribution is 5.77. The molecule has 0 atom stereocenters. The minimum atomic E-state index is 0.0628. The minimum Gasteiger partial charge on any atom is -0.352 e. The highest BCUT2D eigenvalue weighted by Gasteiger charge is 2.17. The van der Waals surface area contributed by atoms with Gasteiger partial charge in [-0.25, -0.2) is 0 Å². The SMILES string of the molecule is C[NH+](C)Cc1ccc(CNC(=O)CC(c2ccccc2)c2ccccc2)cc1. The quantitative estimate of drug-likeness (QED) is 0.625. The fourth-order valence-electron chi connectivity index (χ4n) is 3.44. The van der Waals surface area contributed by atoms with Crippen LogP contribution in [-0.2, 0) is 17.9 Å². The second-order valence-corrected chi connectivity index (χ2v) is 7.56. The summed E-state index contributed by atoms with van der Waals surface area (Å²) in [5, 5.41) is 3.09. The van der Waals surface area contributed by atoms with Gasteiger partial charge in [-0.3, -0.25) is 4.79 Å². The maximum atomic E-state index is 12.7. The predicted molar refractivity (Wildman–Crippen MR) is 114 cm³/mol. The average Bonchev–Trinajstić information content (AvgIpc) is 2.72. The second kappa shape index (κ2) is 9.86. The van der Waals surface area contributed by atoms with Gasteiger partial charge < -0.3 is 10.2 Å². The van der Waals surface area contributed by atoms with E-state index >= 15 is 0 Å². The molecular weight excluding hydrogens is 344 g/mol. The molecule has 3 aromatic rings. The first-order valence-corrected chi connectivity index (χ1v) is 9.85. The number of hydrogen-bond acceptors (Lipinski definition) is 1. The van der Waals surface area contributed by atoms with Gasteiger partial charge in [-0.1, -0.05) is 84.9 Å². The monoisotopic (exact) mass is 373 g/mol. The van der Waals surface area contributed by atoms with Crippen LogP contribution in [0.25, 0.3) is 0 Å². The van der Waals surface area contributed by atoms with Crippen LogP contribution >= 0.6 is 0 Å². The zero-order chi connectivity index (χ0) is 19.8. The maximum Gasteiger partial charge on any atom is 0.221 e. The molecule has 0 unspecified atom stereocenters. The largest absolute Gasteiger partial charge is 0.352 e. The Morgan fingerprint density at radius 1 is 0.786 bits per heavy atom. The van der Waals surface area contributed by atoms with Crippen molar-refractivity contribution in [2.24, 2.45) is 0 Å². The third kappa shape index (κ3) is 5.80. The zero-order valence-corrected chi connectivity index (χ0v) is 16.7. The molecule has 3 nitrogen and oxygen atoms in total. The van der Waals surface area contributed by atoms with E-state index in [1.165, 1.54) is 21.6 Å². The molecule has 0 heterocycles. The smallest absolute Gasteiger partial charge is 0.221 e. The Kier molecular flexibility index (Phi) is 6.99. The summed E-state index contributed by atoms with van der Waals surface area (Å²) in [4.78, 5) is 14.1. The highest BCUT2D eigenvalue weighted by Crippen LogP contribution is 2.27. The van der Waals surface area contributed by atoms with Gasteiger partial charge in [0.15, 0.2) is 0 Å². The van der Waals surface area contributed by atoms with Crippen molar-refractivity contribution in [3.63, 3.8) is 0 Å². The van der Waals surface area contributed by atoms with E-state index in [-0.39, 0.29) is 11.8 Å². The van der Waals surface area contributed by atoms with Gasteiger partial charge in [0.25, 0.3) is 0 Å². The number of hydrogen-bond donors (Lipinski definition) is 2. The lowest BCUT2D eigenvalue weighted by Crippen LogP contribution is -3.04. The third-order valence-corrected chi connectivity index (χ3v) is 4.86. The van der Waals surface area contributed by atoms with Crippen molar-refractivity contribution in [2.45, 2.75) is 25.4 Å². The van der Waals surface area contributed by atoms with E-state index in [1.54, 1.807) is 0 Å². The first-order chi connectivity index (χ1) is 13.6. The van der Waals surface area contributed by atoms with Crippen molar-refractivity contribution >= 4 is 5.91 Å². The molecule has 1 amide bonds. The number of rotatable bonds is 8. The standard InChI is InChI=1S/C25H28N2O/c1-27(2)19-21-15-13-20(14-16-21)18-26-25(28)17-24(22-9-5-3-6-10-22)23-11-7-4-8-12-23/h3-16,24H,17-19H2,1-2H3,(H,26,28)/p+1. The summed E-state index contributed by atoms with van der Waals surface area (Å²) in [5.41, 5.74) is 4.77. The summed E-state index contributed by atoms with van der Waals surface area (Å²) in [5.74, 6) is 0.132. The fraction of sp³-hybridized carbons (Fsp3) is 0.240. The van der Waals surface area contributed by atoms with Crippen molar-refractivity contribution in [1.82, 2.24) is 5.32 Å². The van der Waals surface area contributed by atoms with E-state index in [0.717, 1.165) is 12.1 Å². The van der Waals surface area contributed by atoms with E-state index < -0.39 is 0 Å². The van der Waals surface area contributed by atoms with Gasteiger partial charge in [-0.2, -0.15) is 0 Å². The van der Waals surface area contributed by atoms with Crippen molar-refractivity contribution in [2.75, 3.05) is 14.1 Å². The Morgan fingerprint density at radius 2 is 1.29 bits per heavy atom. The van der Waals surface area contributed by atoms with Crippen molar-refractivity contribution in [3.05, 3.63) is 107 Å². The van der Waals surface area contributed by atoms with E-state index in [2.05, 4.69) is 67.9 Å². The summed E-state index contributed by atoms with van der Waals surface area (Å²) >= 11 is 0. The molecule has 0 saturated heterocycles. The van der Waals surface area contributed by atoms with Gasteiger partial charge in [-0.05, 0) is 16.7 Å². The number of benzene rings is 3. The van der Waals surface area contributed by atoms with Crippen LogP contribution in [0.3, 0.4) is 0 Å².